The standard InChI is InChI=1S/C20H18ClN3O2/c1-2-24(11-13-6-5-7-14(21)10-13)12-17-22-18-15-8-3-4-9-16(15)26-19(18)20(25)23-17/h3-10H,2,11-12H2,1H3,(H,22,23,25). The van der Waals surface area contributed by atoms with Crippen LogP contribution in [0.15, 0.2) is 57.7 Å². The summed E-state index contributed by atoms with van der Waals surface area (Å²) >= 11 is 6.07. The zero-order valence-corrected chi connectivity index (χ0v) is 15.1. The Bertz CT molecular complexity index is 1130. The van der Waals surface area contributed by atoms with E-state index < -0.39 is 0 Å². The predicted octanol–water partition coefficient (Wildman–Crippen LogP) is 4.34. The molecule has 6 heteroatoms. The van der Waals surface area contributed by atoms with E-state index in [4.69, 9.17) is 16.0 Å². The fourth-order valence-corrected chi connectivity index (χ4v) is 3.32. The summed E-state index contributed by atoms with van der Waals surface area (Å²) in [5.41, 5.74) is 2.42. The highest BCUT2D eigenvalue weighted by Crippen LogP contribution is 2.24. The Labute approximate surface area is 155 Å². The van der Waals surface area contributed by atoms with E-state index in [-0.39, 0.29) is 11.1 Å². The van der Waals surface area contributed by atoms with Gasteiger partial charge in [0.15, 0.2) is 0 Å². The normalized spacial score (nSPS) is 11.7. The molecule has 26 heavy (non-hydrogen) atoms. The minimum atomic E-state index is -0.250. The first-order chi connectivity index (χ1) is 12.6. The largest absolute Gasteiger partial charge is 0.449 e. The van der Waals surface area contributed by atoms with E-state index in [0.717, 1.165) is 29.1 Å². The second-order valence-electron chi connectivity index (χ2n) is 6.22. The first-order valence-electron chi connectivity index (χ1n) is 8.51. The molecular formula is C20H18ClN3O2. The summed E-state index contributed by atoms with van der Waals surface area (Å²) in [4.78, 5) is 22.1. The summed E-state index contributed by atoms with van der Waals surface area (Å²) in [5.74, 6) is 0.623. The van der Waals surface area contributed by atoms with Crippen molar-refractivity contribution in [3.63, 3.8) is 0 Å². The van der Waals surface area contributed by atoms with Crippen LogP contribution in [-0.2, 0) is 13.1 Å². The van der Waals surface area contributed by atoms with Gasteiger partial charge in [0.1, 0.15) is 16.9 Å². The van der Waals surface area contributed by atoms with Gasteiger partial charge < -0.3 is 9.40 Å². The summed E-state index contributed by atoms with van der Waals surface area (Å²) in [6.45, 7) is 4.16. The maximum atomic E-state index is 12.4. The fraction of sp³-hybridized carbons (Fsp3) is 0.200. The Hall–Kier alpha value is -2.63. The summed E-state index contributed by atoms with van der Waals surface area (Å²) < 4.78 is 5.64. The van der Waals surface area contributed by atoms with Crippen LogP contribution in [0.5, 0.6) is 0 Å². The van der Waals surface area contributed by atoms with E-state index >= 15 is 0 Å². The third-order valence-electron chi connectivity index (χ3n) is 4.40. The summed E-state index contributed by atoms with van der Waals surface area (Å²) in [7, 11) is 0. The van der Waals surface area contributed by atoms with Crippen molar-refractivity contribution in [3.8, 4) is 0 Å². The molecule has 0 saturated carbocycles. The zero-order valence-electron chi connectivity index (χ0n) is 14.3. The van der Waals surface area contributed by atoms with Gasteiger partial charge in [-0.05, 0) is 36.4 Å². The minimum Gasteiger partial charge on any atom is -0.449 e. The van der Waals surface area contributed by atoms with Crippen molar-refractivity contribution in [1.82, 2.24) is 14.9 Å². The quantitative estimate of drug-likeness (QED) is 0.569. The fourth-order valence-electron chi connectivity index (χ4n) is 3.11. The van der Waals surface area contributed by atoms with Gasteiger partial charge in [-0.15, -0.1) is 0 Å². The SMILES string of the molecule is CCN(Cc1cccc(Cl)c1)Cc1nc2c(oc3ccccc32)c(=O)[nH]1. The number of rotatable bonds is 5. The molecule has 132 valence electrons. The average molecular weight is 368 g/mol. The van der Waals surface area contributed by atoms with Crippen LogP contribution in [0.4, 0.5) is 0 Å². The van der Waals surface area contributed by atoms with Crippen LogP contribution in [0.2, 0.25) is 5.02 Å². The van der Waals surface area contributed by atoms with Crippen molar-refractivity contribution in [2.75, 3.05) is 6.54 Å². The van der Waals surface area contributed by atoms with Crippen molar-refractivity contribution in [2.24, 2.45) is 0 Å². The number of H-pyrrole nitrogens is 1. The van der Waals surface area contributed by atoms with Crippen molar-refractivity contribution < 1.29 is 4.42 Å². The number of furan rings is 1. The minimum absolute atomic E-state index is 0.250. The molecule has 0 bridgehead atoms. The van der Waals surface area contributed by atoms with Gasteiger partial charge in [0, 0.05) is 17.0 Å². The molecule has 5 nitrogen and oxygen atoms in total. The number of para-hydroxylation sites is 1. The molecule has 0 radical (unpaired) electrons. The highest BCUT2D eigenvalue weighted by Gasteiger charge is 2.14. The number of aromatic nitrogens is 2. The van der Waals surface area contributed by atoms with Crippen LogP contribution in [0.1, 0.15) is 18.3 Å². The molecule has 0 atom stereocenters. The summed E-state index contributed by atoms with van der Waals surface area (Å²) in [5, 5.41) is 1.57. The highest BCUT2D eigenvalue weighted by molar-refractivity contribution is 6.30. The van der Waals surface area contributed by atoms with Gasteiger partial charge in [0.2, 0.25) is 5.58 Å². The van der Waals surface area contributed by atoms with Crippen LogP contribution in [-0.4, -0.2) is 21.4 Å². The lowest BCUT2D eigenvalue weighted by molar-refractivity contribution is 0.264. The molecule has 2 heterocycles. The van der Waals surface area contributed by atoms with Crippen LogP contribution in [0.3, 0.4) is 0 Å². The molecule has 0 spiro atoms. The van der Waals surface area contributed by atoms with Crippen LogP contribution < -0.4 is 5.56 Å². The van der Waals surface area contributed by atoms with Crippen molar-refractivity contribution in [2.45, 2.75) is 20.0 Å². The van der Waals surface area contributed by atoms with Gasteiger partial charge in [-0.1, -0.05) is 42.8 Å². The second-order valence-corrected chi connectivity index (χ2v) is 6.66. The molecule has 0 aliphatic carbocycles. The lowest BCUT2D eigenvalue weighted by atomic mass is 10.2. The summed E-state index contributed by atoms with van der Waals surface area (Å²) in [6.07, 6.45) is 0. The van der Waals surface area contributed by atoms with Gasteiger partial charge in [-0.2, -0.15) is 0 Å². The molecule has 0 aliphatic rings. The number of hydrogen-bond donors (Lipinski definition) is 1. The monoisotopic (exact) mass is 367 g/mol. The smallest absolute Gasteiger partial charge is 0.294 e. The molecule has 4 rings (SSSR count). The molecule has 0 unspecified atom stereocenters. The molecule has 0 aliphatic heterocycles. The van der Waals surface area contributed by atoms with Crippen molar-refractivity contribution >= 4 is 33.7 Å². The van der Waals surface area contributed by atoms with Gasteiger partial charge >= 0.3 is 0 Å². The number of nitrogens with one attached hydrogen (secondary N) is 1. The lowest BCUT2D eigenvalue weighted by Crippen LogP contribution is -2.25. The average Bonchev–Trinajstić information content (AvgIpc) is 3.01. The number of nitrogens with zero attached hydrogens (tertiary/aromatic N) is 2. The first kappa shape index (κ1) is 16.8. The van der Waals surface area contributed by atoms with Gasteiger partial charge in [0.25, 0.3) is 5.56 Å². The van der Waals surface area contributed by atoms with Crippen molar-refractivity contribution in [3.05, 3.63) is 75.3 Å². The third-order valence-corrected chi connectivity index (χ3v) is 4.63. The van der Waals surface area contributed by atoms with Crippen molar-refractivity contribution in [1.29, 1.82) is 0 Å². The first-order valence-corrected chi connectivity index (χ1v) is 8.89. The summed E-state index contributed by atoms with van der Waals surface area (Å²) in [6, 6.07) is 15.3. The van der Waals surface area contributed by atoms with E-state index in [2.05, 4.69) is 21.8 Å². The maximum Gasteiger partial charge on any atom is 0.294 e. The van der Waals surface area contributed by atoms with E-state index in [1.807, 2.05) is 48.5 Å². The lowest BCUT2D eigenvalue weighted by Gasteiger charge is -2.19. The Kier molecular flexibility index (Phi) is 4.49. The molecule has 1 N–H and O–H groups in total. The molecule has 2 aromatic carbocycles. The topological polar surface area (TPSA) is 62.1 Å². The number of halogens is 1. The number of aromatic amines is 1. The second kappa shape index (κ2) is 6.94. The van der Waals surface area contributed by atoms with Crippen LogP contribution in [0.25, 0.3) is 22.1 Å². The van der Waals surface area contributed by atoms with Crippen LogP contribution >= 0.6 is 11.6 Å². The van der Waals surface area contributed by atoms with E-state index in [9.17, 15) is 4.79 Å². The molecule has 4 aromatic rings. The number of hydrogen-bond acceptors (Lipinski definition) is 4. The van der Waals surface area contributed by atoms with E-state index in [0.29, 0.717) is 23.5 Å². The Morgan fingerprint density at radius 3 is 2.81 bits per heavy atom. The Morgan fingerprint density at radius 1 is 1.15 bits per heavy atom. The van der Waals surface area contributed by atoms with Crippen LogP contribution in [0, 0.1) is 0 Å². The van der Waals surface area contributed by atoms with Gasteiger partial charge in [0.05, 0.1) is 6.54 Å². The third kappa shape index (κ3) is 3.23. The molecule has 0 fully saturated rings. The Morgan fingerprint density at radius 2 is 2.00 bits per heavy atom. The van der Waals surface area contributed by atoms with Gasteiger partial charge in [-0.25, -0.2) is 4.98 Å². The molecule has 2 aromatic heterocycles. The predicted molar refractivity (Wildman–Crippen MR) is 103 cm³/mol. The molecular weight excluding hydrogens is 350 g/mol. The number of fused-ring (bicyclic) bond motifs is 3. The van der Waals surface area contributed by atoms with E-state index in [1.54, 1.807) is 0 Å². The van der Waals surface area contributed by atoms with E-state index in [1.165, 1.54) is 0 Å². The zero-order chi connectivity index (χ0) is 18.1. The van der Waals surface area contributed by atoms with Gasteiger partial charge in [-0.3, -0.25) is 9.69 Å². The Balaban J connectivity index is 1.67. The highest BCUT2D eigenvalue weighted by atomic mass is 35.5. The number of benzene rings is 2. The maximum absolute atomic E-state index is 12.4. The molecule has 0 saturated heterocycles. The molecule has 0 amide bonds.